The lowest BCUT2D eigenvalue weighted by Gasteiger charge is -2.10. The third-order valence-corrected chi connectivity index (χ3v) is 3.65. The molecule has 23 heavy (non-hydrogen) atoms. The summed E-state index contributed by atoms with van der Waals surface area (Å²) in [6.45, 7) is 0.0404. The van der Waals surface area contributed by atoms with Gasteiger partial charge in [-0.2, -0.15) is 0 Å². The van der Waals surface area contributed by atoms with Crippen LogP contribution >= 0.6 is 23.8 Å². The van der Waals surface area contributed by atoms with Crippen LogP contribution in [0, 0.1) is 5.82 Å². The van der Waals surface area contributed by atoms with E-state index in [2.05, 4.69) is 15.8 Å². The monoisotopic (exact) mass is 352 g/mol. The van der Waals surface area contributed by atoms with Crippen molar-refractivity contribution in [3.05, 3.63) is 64.4 Å². The van der Waals surface area contributed by atoms with Gasteiger partial charge in [-0.1, -0.05) is 29.8 Å². The number of nitrogens with one attached hydrogen (secondary N) is 3. The van der Waals surface area contributed by atoms with E-state index in [1.54, 1.807) is 31.5 Å². The Morgan fingerprint density at radius 3 is 2.83 bits per heavy atom. The molecule has 2 aromatic carbocycles. The Morgan fingerprint density at radius 2 is 2.09 bits per heavy atom. The van der Waals surface area contributed by atoms with Crippen LogP contribution in [0.1, 0.15) is 11.1 Å². The molecule has 0 heterocycles. The minimum absolute atomic E-state index is 0.0404. The van der Waals surface area contributed by atoms with Gasteiger partial charge >= 0.3 is 0 Å². The highest BCUT2D eigenvalue weighted by atomic mass is 35.5. The van der Waals surface area contributed by atoms with Gasteiger partial charge in [0.1, 0.15) is 18.2 Å². The van der Waals surface area contributed by atoms with Crippen molar-refractivity contribution in [3.8, 4) is 5.75 Å². The molecule has 3 N–H and O–H groups in total. The fraction of sp³-hybridized carbons (Fsp3) is 0.125. The molecule has 0 aliphatic carbocycles. The van der Waals surface area contributed by atoms with E-state index in [4.69, 9.17) is 28.6 Å². The molecule has 0 atom stereocenters. The van der Waals surface area contributed by atoms with E-state index in [0.29, 0.717) is 21.4 Å². The zero-order valence-corrected chi connectivity index (χ0v) is 14.0. The van der Waals surface area contributed by atoms with E-state index in [0.717, 1.165) is 5.56 Å². The standard InChI is InChI=1S/C16H15ClFN3OS/c1-19-16(23)21-20-9-11-5-2-3-8-15(11)22-10-12-13(17)6-4-7-14(12)18/h2-9H,10H2,1H3,(H2,19,21,23)/p+1. The first-order valence-electron chi connectivity index (χ1n) is 6.83. The van der Waals surface area contributed by atoms with Gasteiger partial charge in [0.25, 0.3) is 0 Å². The van der Waals surface area contributed by atoms with Gasteiger partial charge in [-0.15, -0.1) is 10.5 Å². The van der Waals surface area contributed by atoms with Crippen LogP contribution in [0.25, 0.3) is 0 Å². The highest BCUT2D eigenvalue weighted by Crippen LogP contribution is 2.22. The number of hydrazone groups is 1. The summed E-state index contributed by atoms with van der Waals surface area (Å²) >= 11 is 11.0. The lowest BCUT2D eigenvalue weighted by molar-refractivity contribution is -0.500. The number of halogens is 2. The molecule has 0 saturated heterocycles. The molecule has 0 aromatic heterocycles. The minimum Gasteiger partial charge on any atom is -0.488 e. The van der Waals surface area contributed by atoms with Gasteiger partial charge in [0, 0.05) is 12.6 Å². The molecule has 0 aliphatic heterocycles. The lowest BCUT2D eigenvalue weighted by Crippen LogP contribution is -2.82. The van der Waals surface area contributed by atoms with Crippen LogP contribution in [0.15, 0.2) is 42.5 Å². The second kappa shape index (κ2) is 8.45. The minimum atomic E-state index is -0.391. The number of thiocarbonyl (C=S) groups is 1. The Kier molecular flexibility index (Phi) is 6.31. The Balaban J connectivity index is 2.10. The molecule has 0 fully saturated rings. The molecule has 4 nitrogen and oxygen atoms in total. The van der Waals surface area contributed by atoms with E-state index < -0.39 is 5.82 Å². The van der Waals surface area contributed by atoms with Gasteiger partial charge in [0.05, 0.1) is 10.6 Å². The van der Waals surface area contributed by atoms with Crippen molar-refractivity contribution in [3.63, 3.8) is 0 Å². The summed E-state index contributed by atoms with van der Waals surface area (Å²) in [6.07, 6.45) is 1.70. The van der Waals surface area contributed by atoms with Gasteiger partial charge in [-0.05, 0) is 36.5 Å². The summed E-state index contributed by atoms with van der Waals surface area (Å²) in [4.78, 5) is 0. The predicted molar refractivity (Wildman–Crippen MR) is 93.1 cm³/mol. The number of ether oxygens (including phenoxy) is 1. The maximum Gasteiger partial charge on any atom is 0.223 e. The van der Waals surface area contributed by atoms with Gasteiger partial charge < -0.3 is 10.1 Å². The van der Waals surface area contributed by atoms with E-state index in [9.17, 15) is 4.39 Å². The maximum atomic E-state index is 13.8. The number of hydrogen-bond donors (Lipinski definition) is 3. The number of benzene rings is 2. The Bertz CT molecular complexity index is 704. The normalized spacial score (nSPS) is 10.6. The second-order valence-corrected chi connectivity index (χ2v) is 5.33. The SMILES string of the molecule is CNC(=S)N[NH+]=Cc1ccccc1OCc1c(F)cccc1Cl. The smallest absolute Gasteiger partial charge is 0.223 e. The number of hydrazine groups is 1. The van der Waals surface area contributed by atoms with Crippen molar-refractivity contribution in [2.45, 2.75) is 6.61 Å². The van der Waals surface area contributed by atoms with Crippen molar-refractivity contribution in [2.24, 2.45) is 0 Å². The Hall–Kier alpha value is -2.18. The summed E-state index contributed by atoms with van der Waals surface area (Å²) in [5.41, 5.74) is 3.89. The van der Waals surface area contributed by atoms with E-state index in [1.807, 2.05) is 18.2 Å². The molecule has 120 valence electrons. The van der Waals surface area contributed by atoms with Crippen molar-refractivity contribution < 1.29 is 14.2 Å². The second-order valence-electron chi connectivity index (χ2n) is 4.52. The Labute approximate surface area is 144 Å². The lowest BCUT2D eigenvalue weighted by atomic mass is 10.2. The summed E-state index contributed by atoms with van der Waals surface area (Å²) in [5, 5.41) is 6.42. The van der Waals surface area contributed by atoms with Crippen LogP contribution in [-0.4, -0.2) is 18.4 Å². The van der Waals surface area contributed by atoms with Gasteiger partial charge in [0.2, 0.25) is 11.3 Å². The van der Waals surface area contributed by atoms with Crippen molar-refractivity contribution in [1.29, 1.82) is 0 Å². The average molecular weight is 353 g/mol. The topological polar surface area (TPSA) is 47.3 Å². The summed E-state index contributed by atoms with van der Waals surface area (Å²) < 4.78 is 19.5. The molecule has 0 amide bonds. The average Bonchev–Trinajstić information content (AvgIpc) is 2.55. The maximum absolute atomic E-state index is 13.8. The van der Waals surface area contributed by atoms with Crippen molar-refractivity contribution in [2.75, 3.05) is 7.05 Å². The molecule has 7 heteroatoms. The molecular formula is C16H16ClFN3OS+. The first-order valence-corrected chi connectivity index (χ1v) is 7.61. The van der Waals surface area contributed by atoms with Crippen LogP contribution in [-0.2, 0) is 6.61 Å². The zero-order valence-electron chi connectivity index (χ0n) is 12.4. The third kappa shape index (κ3) is 4.91. The largest absolute Gasteiger partial charge is 0.488 e. The van der Waals surface area contributed by atoms with E-state index in [-0.39, 0.29) is 6.61 Å². The molecule has 0 radical (unpaired) electrons. The number of hydrogen-bond acceptors (Lipinski definition) is 2. The van der Waals surface area contributed by atoms with Crippen LogP contribution in [0.4, 0.5) is 4.39 Å². The van der Waals surface area contributed by atoms with Gasteiger partial charge in [0.15, 0.2) is 0 Å². The van der Waals surface area contributed by atoms with Gasteiger partial charge in [-0.3, -0.25) is 0 Å². The number of para-hydroxylation sites is 1. The molecule has 2 aromatic rings. The van der Waals surface area contributed by atoms with Crippen LogP contribution < -0.4 is 20.6 Å². The summed E-state index contributed by atoms with van der Waals surface area (Å²) in [5.74, 6) is 0.203. The fourth-order valence-electron chi connectivity index (χ4n) is 1.79. The summed E-state index contributed by atoms with van der Waals surface area (Å²) in [6, 6.07) is 11.9. The third-order valence-electron chi connectivity index (χ3n) is 2.99. The van der Waals surface area contributed by atoms with Crippen molar-refractivity contribution >= 4 is 35.1 Å². The first kappa shape index (κ1) is 17.2. The highest BCUT2D eigenvalue weighted by molar-refractivity contribution is 7.80. The zero-order chi connectivity index (χ0) is 16.7. The fourth-order valence-corrected chi connectivity index (χ4v) is 2.07. The number of rotatable bonds is 5. The molecule has 0 saturated carbocycles. The Morgan fingerprint density at radius 1 is 1.30 bits per heavy atom. The molecule has 2 rings (SSSR count). The molecule has 0 aliphatic rings. The van der Waals surface area contributed by atoms with Gasteiger partial charge in [-0.25, -0.2) is 4.39 Å². The van der Waals surface area contributed by atoms with E-state index >= 15 is 0 Å². The molecular weight excluding hydrogens is 337 g/mol. The van der Waals surface area contributed by atoms with E-state index in [1.165, 1.54) is 6.07 Å². The molecule has 0 bridgehead atoms. The van der Waals surface area contributed by atoms with Crippen LogP contribution in [0.5, 0.6) is 5.75 Å². The van der Waals surface area contributed by atoms with Crippen LogP contribution in [0.3, 0.4) is 0 Å². The highest BCUT2D eigenvalue weighted by Gasteiger charge is 2.09. The van der Waals surface area contributed by atoms with Crippen LogP contribution in [0.2, 0.25) is 5.02 Å². The summed E-state index contributed by atoms with van der Waals surface area (Å²) in [7, 11) is 1.71. The predicted octanol–water partition coefficient (Wildman–Crippen LogP) is 1.57. The quantitative estimate of drug-likeness (QED) is 0.434. The first-order chi connectivity index (χ1) is 11.1. The molecule has 0 unspecified atom stereocenters. The molecule has 0 spiro atoms. The van der Waals surface area contributed by atoms with Crippen molar-refractivity contribution in [1.82, 2.24) is 10.7 Å².